The van der Waals surface area contributed by atoms with Gasteiger partial charge in [-0.25, -0.2) is 0 Å². The van der Waals surface area contributed by atoms with Crippen LogP contribution in [0, 0.1) is 13.8 Å². The van der Waals surface area contributed by atoms with Crippen molar-refractivity contribution in [2.75, 3.05) is 5.32 Å². The summed E-state index contributed by atoms with van der Waals surface area (Å²) in [6.45, 7) is 5.89. The molecule has 2 aromatic carbocycles. The Hall–Kier alpha value is -1.45. The van der Waals surface area contributed by atoms with Crippen molar-refractivity contribution in [3.8, 4) is 0 Å². The van der Waals surface area contributed by atoms with Gasteiger partial charge >= 0.3 is 0 Å². The van der Waals surface area contributed by atoms with Crippen molar-refractivity contribution in [2.24, 2.45) is 0 Å². The van der Waals surface area contributed by atoms with Gasteiger partial charge in [-0.3, -0.25) is 4.79 Å². The summed E-state index contributed by atoms with van der Waals surface area (Å²) < 4.78 is 0. The van der Waals surface area contributed by atoms with Crippen LogP contribution >= 0.6 is 23.4 Å². The number of hydrogen-bond acceptors (Lipinski definition) is 2. The first-order valence-corrected chi connectivity index (χ1v) is 8.02. The maximum absolute atomic E-state index is 12.3. The van der Waals surface area contributed by atoms with Crippen molar-refractivity contribution in [2.45, 2.75) is 30.9 Å². The quantitative estimate of drug-likeness (QED) is 0.796. The third-order valence-electron chi connectivity index (χ3n) is 3.15. The van der Waals surface area contributed by atoms with E-state index < -0.39 is 0 Å². The minimum absolute atomic E-state index is 0.00834. The SMILES string of the molecule is Cc1ccc(SC(C)C(=O)Nc2ccc(Cl)cc2C)cc1. The zero-order chi connectivity index (χ0) is 15.4. The van der Waals surface area contributed by atoms with E-state index in [-0.39, 0.29) is 11.2 Å². The molecule has 0 spiro atoms. The average Bonchev–Trinajstić information content (AvgIpc) is 2.44. The molecule has 0 saturated heterocycles. The summed E-state index contributed by atoms with van der Waals surface area (Å²) >= 11 is 7.47. The third kappa shape index (κ3) is 4.51. The Morgan fingerprint density at radius 3 is 2.43 bits per heavy atom. The van der Waals surface area contributed by atoms with Crippen molar-refractivity contribution in [1.29, 1.82) is 0 Å². The van der Waals surface area contributed by atoms with Crippen LogP contribution in [0.4, 0.5) is 5.69 Å². The van der Waals surface area contributed by atoms with E-state index in [4.69, 9.17) is 11.6 Å². The number of halogens is 1. The molecular weight excluding hydrogens is 302 g/mol. The lowest BCUT2D eigenvalue weighted by molar-refractivity contribution is -0.115. The molecule has 2 aromatic rings. The summed E-state index contributed by atoms with van der Waals surface area (Å²) in [5.74, 6) is -0.00834. The molecule has 0 aliphatic heterocycles. The van der Waals surface area contributed by atoms with Gasteiger partial charge in [-0.2, -0.15) is 0 Å². The van der Waals surface area contributed by atoms with Gasteiger partial charge in [0.1, 0.15) is 0 Å². The number of anilines is 1. The number of aryl methyl sites for hydroxylation is 2. The molecule has 1 unspecified atom stereocenters. The van der Waals surface area contributed by atoms with Gasteiger partial charge in [-0.05, 0) is 56.7 Å². The minimum atomic E-state index is -0.164. The lowest BCUT2D eigenvalue weighted by Gasteiger charge is -2.14. The first-order valence-electron chi connectivity index (χ1n) is 6.76. The minimum Gasteiger partial charge on any atom is -0.325 e. The van der Waals surface area contributed by atoms with Gasteiger partial charge in [0, 0.05) is 15.6 Å². The van der Waals surface area contributed by atoms with Crippen molar-refractivity contribution in [3.05, 3.63) is 58.6 Å². The standard InChI is InChI=1S/C17H18ClNOS/c1-11-4-7-15(8-5-11)21-13(3)17(20)19-16-9-6-14(18)10-12(16)2/h4-10,13H,1-3H3,(H,19,20). The molecule has 0 aromatic heterocycles. The molecule has 0 aliphatic rings. The predicted molar refractivity (Wildman–Crippen MR) is 91.3 cm³/mol. The summed E-state index contributed by atoms with van der Waals surface area (Å²) in [6, 6.07) is 13.6. The number of benzene rings is 2. The van der Waals surface area contributed by atoms with Gasteiger partial charge in [0.15, 0.2) is 0 Å². The highest BCUT2D eigenvalue weighted by Crippen LogP contribution is 2.25. The summed E-state index contributed by atoms with van der Waals surface area (Å²) in [5.41, 5.74) is 2.98. The summed E-state index contributed by atoms with van der Waals surface area (Å²) in [5, 5.41) is 3.46. The normalized spacial score (nSPS) is 12.0. The zero-order valence-corrected chi connectivity index (χ0v) is 13.9. The molecule has 1 N–H and O–H groups in total. The van der Waals surface area contributed by atoms with Crippen LogP contribution in [0.15, 0.2) is 47.4 Å². The Kier molecular flexibility index (Phi) is 5.32. The van der Waals surface area contributed by atoms with E-state index in [1.165, 1.54) is 5.56 Å². The van der Waals surface area contributed by atoms with Crippen LogP contribution in [0.25, 0.3) is 0 Å². The van der Waals surface area contributed by atoms with Crippen LogP contribution in [-0.4, -0.2) is 11.2 Å². The number of rotatable bonds is 4. The van der Waals surface area contributed by atoms with Crippen molar-refractivity contribution in [1.82, 2.24) is 0 Å². The van der Waals surface area contributed by atoms with Gasteiger partial charge < -0.3 is 5.32 Å². The van der Waals surface area contributed by atoms with E-state index in [1.807, 2.05) is 45.0 Å². The molecule has 2 rings (SSSR count). The molecule has 0 saturated carbocycles. The third-order valence-corrected chi connectivity index (χ3v) is 4.50. The fraction of sp³-hybridized carbons (Fsp3) is 0.235. The van der Waals surface area contributed by atoms with E-state index in [1.54, 1.807) is 17.8 Å². The highest BCUT2D eigenvalue weighted by Gasteiger charge is 2.15. The Morgan fingerprint density at radius 1 is 1.14 bits per heavy atom. The maximum atomic E-state index is 12.3. The fourth-order valence-corrected chi connectivity index (χ4v) is 2.97. The number of hydrogen-bond donors (Lipinski definition) is 1. The van der Waals surface area contributed by atoms with Crippen molar-refractivity contribution in [3.63, 3.8) is 0 Å². The van der Waals surface area contributed by atoms with E-state index in [2.05, 4.69) is 17.4 Å². The molecule has 0 radical (unpaired) electrons. The summed E-state index contributed by atoms with van der Waals surface area (Å²) in [4.78, 5) is 13.3. The molecule has 110 valence electrons. The molecular formula is C17H18ClNOS. The fourth-order valence-electron chi connectivity index (χ4n) is 1.88. The molecule has 0 fully saturated rings. The smallest absolute Gasteiger partial charge is 0.237 e. The van der Waals surface area contributed by atoms with Crippen LogP contribution < -0.4 is 5.32 Å². The Labute approximate surface area is 134 Å². The molecule has 21 heavy (non-hydrogen) atoms. The van der Waals surface area contributed by atoms with Crippen LogP contribution in [0.5, 0.6) is 0 Å². The maximum Gasteiger partial charge on any atom is 0.237 e. The molecule has 4 heteroatoms. The number of carbonyl (C=O) groups excluding carboxylic acids is 1. The van der Waals surface area contributed by atoms with Crippen LogP contribution in [0.1, 0.15) is 18.1 Å². The average molecular weight is 320 g/mol. The van der Waals surface area contributed by atoms with Gasteiger partial charge in [0.05, 0.1) is 5.25 Å². The highest BCUT2D eigenvalue weighted by molar-refractivity contribution is 8.00. The number of amides is 1. The summed E-state index contributed by atoms with van der Waals surface area (Å²) in [7, 11) is 0. The van der Waals surface area contributed by atoms with E-state index in [9.17, 15) is 4.79 Å². The molecule has 0 aliphatic carbocycles. The van der Waals surface area contributed by atoms with Gasteiger partial charge in [-0.1, -0.05) is 29.3 Å². The molecule has 0 heterocycles. The zero-order valence-electron chi connectivity index (χ0n) is 12.3. The monoisotopic (exact) mass is 319 g/mol. The largest absolute Gasteiger partial charge is 0.325 e. The van der Waals surface area contributed by atoms with Gasteiger partial charge in [0.25, 0.3) is 0 Å². The topological polar surface area (TPSA) is 29.1 Å². The summed E-state index contributed by atoms with van der Waals surface area (Å²) in [6.07, 6.45) is 0. The van der Waals surface area contributed by atoms with Crippen molar-refractivity contribution >= 4 is 35.0 Å². The lowest BCUT2D eigenvalue weighted by Crippen LogP contribution is -2.22. The van der Waals surface area contributed by atoms with Crippen LogP contribution in [0.2, 0.25) is 5.02 Å². The first kappa shape index (κ1) is 15.9. The Morgan fingerprint density at radius 2 is 1.81 bits per heavy atom. The molecule has 1 amide bonds. The first-order chi connectivity index (χ1) is 9.95. The van der Waals surface area contributed by atoms with E-state index in [0.717, 1.165) is 16.1 Å². The number of carbonyl (C=O) groups is 1. The number of thioether (sulfide) groups is 1. The second kappa shape index (κ2) is 7.01. The van der Waals surface area contributed by atoms with Gasteiger partial charge in [0.2, 0.25) is 5.91 Å². The van der Waals surface area contributed by atoms with Crippen LogP contribution in [0.3, 0.4) is 0 Å². The van der Waals surface area contributed by atoms with Gasteiger partial charge in [-0.15, -0.1) is 11.8 Å². The highest BCUT2D eigenvalue weighted by atomic mass is 35.5. The van der Waals surface area contributed by atoms with Crippen LogP contribution in [-0.2, 0) is 4.79 Å². The van der Waals surface area contributed by atoms with Crippen molar-refractivity contribution < 1.29 is 4.79 Å². The Balaban J connectivity index is 2.00. The second-order valence-corrected chi connectivity index (χ2v) is 6.87. The predicted octanol–water partition coefficient (Wildman–Crippen LogP) is 5.08. The Bertz CT molecular complexity index is 640. The second-order valence-electron chi connectivity index (χ2n) is 5.02. The number of nitrogens with one attached hydrogen (secondary N) is 1. The lowest BCUT2D eigenvalue weighted by atomic mass is 10.2. The molecule has 0 bridgehead atoms. The van der Waals surface area contributed by atoms with E-state index >= 15 is 0 Å². The van der Waals surface area contributed by atoms with E-state index in [0.29, 0.717) is 5.02 Å². The molecule has 1 atom stereocenters. The molecule has 2 nitrogen and oxygen atoms in total.